The van der Waals surface area contributed by atoms with Gasteiger partial charge in [0.1, 0.15) is 0 Å². The Labute approximate surface area is 88.7 Å². The fourth-order valence-electron chi connectivity index (χ4n) is 1.63. The van der Waals surface area contributed by atoms with Crippen LogP contribution in [-0.4, -0.2) is 23.9 Å². The molecule has 0 aromatic rings. The minimum absolute atomic E-state index is 0.299. The van der Waals surface area contributed by atoms with Crippen molar-refractivity contribution in [3.8, 4) is 0 Å². The van der Waals surface area contributed by atoms with Crippen molar-refractivity contribution in [2.24, 2.45) is 5.92 Å². The highest BCUT2D eigenvalue weighted by Crippen LogP contribution is 2.12. The van der Waals surface area contributed by atoms with Crippen LogP contribution in [0.25, 0.3) is 0 Å². The van der Waals surface area contributed by atoms with Crippen LogP contribution in [0.4, 0.5) is 0 Å². The Bertz CT molecular complexity index is 164. The quantitative estimate of drug-likeness (QED) is 0.644. The first-order valence-electron chi connectivity index (χ1n) is 5.82. The van der Waals surface area contributed by atoms with Gasteiger partial charge >= 0.3 is 0 Å². The number of nitrogens with zero attached hydrogens (tertiary/aromatic N) is 1. The summed E-state index contributed by atoms with van der Waals surface area (Å²) in [6.07, 6.45) is 3.89. The summed E-state index contributed by atoms with van der Waals surface area (Å²) in [6, 6.07) is 0.423. The molecule has 84 valence electrons. The lowest BCUT2D eigenvalue weighted by Gasteiger charge is -2.27. The molecule has 0 aliphatic rings. The maximum absolute atomic E-state index is 11.8. The predicted octanol–water partition coefficient (Wildman–Crippen LogP) is 3.07. The molecule has 2 nitrogen and oxygen atoms in total. The number of carbonyl (C=O) groups is 1. The predicted molar refractivity (Wildman–Crippen MR) is 61.2 cm³/mol. The highest BCUT2D eigenvalue weighted by atomic mass is 16.2. The topological polar surface area (TPSA) is 20.3 Å². The van der Waals surface area contributed by atoms with E-state index in [-0.39, 0.29) is 0 Å². The van der Waals surface area contributed by atoms with Crippen LogP contribution in [0.5, 0.6) is 0 Å². The molecule has 0 aromatic carbocycles. The van der Waals surface area contributed by atoms with Crippen molar-refractivity contribution < 1.29 is 4.79 Å². The summed E-state index contributed by atoms with van der Waals surface area (Å²) in [7, 11) is 1.93. The molecule has 0 aliphatic carbocycles. The van der Waals surface area contributed by atoms with Gasteiger partial charge in [0.2, 0.25) is 5.91 Å². The standard InChI is InChI=1S/C12H25NO/c1-6-10(4)9-12(14)13(5)11(7-2)8-3/h10-11H,6-9H2,1-5H3. The first-order chi connectivity index (χ1) is 6.56. The summed E-state index contributed by atoms with van der Waals surface area (Å²) >= 11 is 0. The summed E-state index contributed by atoms with van der Waals surface area (Å²) < 4.78 is 0. The van der Waals surface area contributed by atoms with E-state index >= 15 is 0 Å². The molecule has 0 saturated carbocycles. The molecule has 0 aliphatic heterocycles. The number of carbonyl (C=O) groups excluding carboxylic acids is 1. The molecule has 0 aromatic heterocycles. The first kappa shape index (κ1) is 13.5. The zero-order chi connectivity index (χ0) is 11.1. The van der Waals surface area contributed by atoms with E-state index < -0.39 is 0 Å². The molecule has 0 heterocycles. The van der Waals surface area contributed by atoms with Crippen molar-refractivity contribution in [2.75, 3.05) is 7.05 Å². The summed E-state index contributed by atoms with van der Waals surface area (Å²) in [5, 5.41) is 0. The van der Waals surface area contributed by atoms with Crippen molar-refractivity contribution in [1.82, 2.24) is 4.90 Å². The average Bonchev–Trinajstić information content (AvgIpc) is 2.19. The second-order valence-corrected chi connectivity index (χ2v) is 4.19. The molecule has 0 N–H and O–H groups in total. The monoisotopic (exact) mass is 199 g/mol. The van der Waals surface area contributed by atoms with Gasteiger partial charge in [0.25, 0.3) is 0 Å². The van der Waals surface area contributed by atoms with Crippen molar-refractivity contribution in [3.63, 3.8) is 0 Å². The maximum Gasteiger partial charge on any atom is 0.222 e. The maximum atomic E-state index is 11.8. The molecule has 0 bridgehead atoms. The van der Waals surface area contributed by atoms with Gasteiger partial charge < -0.3 is 4.90 Å². The van der Waals surface area contributed by atoms with Crippen molar-refractivity contribution >= 4 is 5.91 Å². The Morgan fingerprint density at radius 3 is 2.00 bits per heavy atom. The summed E-state index contributed by atoms with van der Waals surface area (Å²) in [5.74, 6) is 0.812. The lowest BCUT2D eigenvalue weighted by atomic mass is 10.0. The van der Waals surface area contributed by atoms with E-state index in [1.54, 1.807) is 0 Å². The second-order valence-electron chi connectivity index (χ2n) is 4.19. The fraction of sp³-hybridized carbons (Fsp3) is 0.917. The Morgan fingerprint density at radius 2 is 1.64 bits per heavy atom. The zero-order valence-electron chi connectivity index (χ0n) is 10.3. The lowest BCUT2D eigenvalue weighted by molar-refractivity contribution is -0.133. The highest BCUT2D eigenvalue weighted by Gasteiger charge is 2.17. The first-order valence-corrected chi connectivity index (χ1v) is 5.82. The molecule has 0 spiro atoms. The fourth-order valence-corrected chi connectivity index (χ4v) is 1.63. The normalized spacial score (nSPS) is 13.0. The van der Waals surface area contributed by atoms with Crippen LogP contribution in [0.3, 0.4) is 0 Å². The van der Waals surface area contributed by atoms with Crippen molar-refractivity contribution in [3.05, 3.63) is 0 Å². The van der Waals surface area contributed by atoms with Crippen LogP contribution in [0.15, 0.2) is 0 Å². The summed E-state index contributed by atoms with van der Waals surface area (Å²) in [5.41, 5.74) is 0. The van der Waals surface area contributed by atoms with E-state index in [2.05, 4.69) is 27.7 Å². The Morgan fingerprint density at radius 1 is 1.14 bits per heavy atom. The molecule has 0 fully saturated rings. The molecule has 1 atom stereocenters. The van der Waals surface area contributed by atoms with Crippen LogP contribution in [0.2, 0.25) is 0 Å². The van der Waals surface area contributed by atoms with Crippen LogP contribution >= 0.6 is 0 Å². The number of hydrogen-bond donors (Lipinski definition) is 0. The van der Waals surface area contributed by atoms with Gasteiger partial charge in [-0.15, -0.1) is 0 Å². The third-order valence-electron chi connectivity index (χ3n) is 3.10. The minimum atomic E-state index is 0.299. The number of rotatable bonds is 6. The SMILES string of the molecule is CCC(C)CC(=O)N(C)C(CC)CC. The van der Waals surface area contributed by atoms with Gasteiger partial charge in [0.15, 0.2) is 0 Å². The molecular formula is C12H25NO. The average molecular weight is 199 g/mol. The van der Waals surface area contributed by atoms with Gasteiger partial charge in [0.05, 0.1) is 0 Å². The van der Waals surface area contributed by atoms with Crippen LogP contribution in [0, 0.1) is 5.92 Å². The van der Waals surface area contributed by atoms with Gasteiger partial charge in [0, 0.05) is 19.5 Å². The van der Waals surface area contributed by atoms with Gasteiger partial charge in [-0.2, -0.15) is 0 Å². The molecule has 0 radical (unpaired) electrons. The molecule has 0 rings (SSSR count). The van der Waals surface area contributed by atoms with Gasteiger partial charge in [-0.05, 0) is 18.8 Å². The van der Waals surface area contributed by atoms with Crippen molar-refractivity contribution in [2.45, 2.75) is 59.4 Å². The highest BCUT2D eigenvalue weighted by molar-refractivity contribution is 5.76. The minimum Gasteiger partial charge on any atom is -0.343 e. The molecule has 14 heavy (non-hydrogen) atoms. The smallest absolute Gasteiger partial charge is 0.222 e. The molecule has 1 unspecified atom stereocenters. The summed E-state index contributed by atoms with van der Waals surface area (Å²) in [4.78, 5) is 13.7. The van der Waals surface area contributed by atoms with E-state index in [4.69, 9.17) is 0 Å². The summed E-state index contributed by atoms with van der Waals surface area (Å²) in [6.45, 7) is 8.55. The Kier molecular flexibility index (Phi) is 6.60. The molecule has 1 amide bonds. The van der Waals surface area contributed by atoms with E-state index in [0.717, 1.165) is 19.3 Å². The third-order valence-corrected chi connectivity index (χ3v) is 3.10. The van der Waals surface area contributed by atoms with Crippen LogP contribution < -0.4 is 0 Å². The lowest BCUT2D eigenvalue weighted by Crippen LogP contribution is -2.36. The van der Waals surface area contributed by atoms with E-state index in [1.165, 1.54) is 0 Å². The number of amides is 1. The van der Waals surface area contributed by atoms with Gasteiger partial charge in [-0.3, -0.25) is 4.79 Å². The third kappa shape index (κ3) is 4.12. The Hall–Kier alpha value is -0.530. The van der Waals surface area contributed by atoms with E-state index in [9.17, 15) is 4.79 Å². The second kappa shape index (κ2) is 6.86. The molecule has 0 saturated heterocycles. The molecule has 2 heteroatoms. The zero-order valence-corrected chi connectivity index (χ0v) is 10.3. The largest absolute Gasteiger partial charge is 0.343 e. The van der Waals surface area contributed by atoms with Gasteiger partial charge in [-0.25, -0.2) is 0 Å². The Balaban J connectivity index is 4.09. The van der Waals surface area contributed by atoms with Crippen LogP contribution in [-0.2, 0) is 4.79 Å². The number of hydrogen-bond acceptors (Lipinski definition) is 1. The van der Waals surface area contributed by atoms with Gasteiger partial charge in [-0.1, -0.05) is 34.1 Å². The van der Waals surface area contributed by atoms with E-state index in [1.807, 2.05) is 11.9 Å². The van der Waals surface area contributed by atoms with Crippen molar-refractivity contribution in [1.29, 1.82) is 0 Å². The van der Waals surface area contributed by atoms with E-state index in [0.29, 0.717) is 24.3 Å². The van der Waals surface area contributed by atoms with Crippen LogP contribution in [0.1, 0.15) is 53.4 Å². The molecular weight excluding hydrogens is 174 g/mol.